The molecular weight excluding hydrogens is 178 g/mol. The maximum absolute atomic E-state index is 5.87. The van der Waals surface area contributed by atoms with Gasteiger partial charge in [-0.05, 0) is 26.7 Å². The molecule has 0 unspecified atom stereocenters. The first kappa shape index (κ1) is 9.65. The second-order valence-electron chi connectivity index (χ2n) is 4.65. The van der Waals surface area contributed by atoms with Crippen molar-refractivity contribution in [2.45, 2.75) is 51.0 Å². The molecule has 1 fully saturated rings. The Kier molecular flexibility index (Phi) is 2.31. The van der Waals surface area contributed by atoms with Crippen LogP contribution in [-0.2, 0) is 5.54 Å². The Balaban J connectivity index is 2.17. The van der Waals surface area contributed by atoms with Gasteiger partial charge < -0.3 is 10.2 Å². The van der Waals surface area contributed by atoms with E-state index in [-0.39, 0.29) is 0 Å². The number of nitrogens with zero attached hydrogens (tertiary/aromatic N) is 2. The van der Waals surface area contributed by atoms with Gasteiger partial charge in [0.05, 0.1) is 5.54 Å². The van der Waals surface area contributed by atoms with Gasteiger partial charge in [0.25, 0.3) is 0 Å². The van der Waals surface area contributed by atoms with Crippen LogP contribution in [-0.4, -0.2) is 10.2 Å². The molecule has 4 heteroatoms. The lowest BCUT2D eigenvalue weighted by Crippen LogP contribution is -2.29. The van der Waals surface area contributed by atoms with Crippen molar-refractivity contribution in [1.82, 2.24) is 10.2 Å². The predicted octanol–water partition coefficient (Wildman–Crippen LogP) is 1.92. The lowest BCUT2D eigenvalue weighted by molar-refractivity contribution is 0.346. The van der Waals surface area contributed by atoms with Gasteiger partial charge in [0.1, 0.15) is 0 Å². The largest absolute Gasteiger partial charge is 0.423 e. The van der Waals surface area contributed by atoms with Crippen molar-refractivity contribution in [1.29, 1.82) is 0 Å². The third-order valence-electron chi connectivity index (χ3n) is 2.70. The normalized spacial score (nSPS) is 19.1. The molecule has 1 aromatic heterocycles. The van der Waals surface area contributed by atoms with E-state index in [0.717, 1.165) is 5.89 Å². The lowest BCUT2D eigenvalue weighted by atomic mass is 10.1. The highest BCUT2D eigenvalue weighted by atomic mass is 16.4. The van der Waals surface area contributed by atoms with Gasteiger partial charge in [-0.15, -0.1) is 10.2 Å². The molecule has 0 saturated heterocycles. The highest BCUT2D eigenvalue weighted by Gasteiger charge is 2.26. The first-order valence-electron chi connectivity index (χ1n) is 5.20. The van der Waals surface area contributed by atoms with Crippen LogP contribution in [0.3, 0.4) is 0 Å². The molecule has 2 rings (SSSR count). The van der Waals surface area contributed by atoms with Crippen molar-refractivity contribution >= 4 is 0 Å². The number of aromatic nitrogens is 2. The minimum Gasteiger partial charge on any atom is -0.423 e. The molecule has 0 atom stereocenters. The second kappa shape index (κ2) is 3.35. The van der Waals surface area contributed by atoms with E-state index in [1.54, 1.807) is 0 Å². The summed E-state index contributed by atoms with van der Waals surface area (Å²) in [5.41, 5.74) is 5.35. The molecule has 0 amide bonds. The van der Waals surface area contributed by atoms with E-state index in [1.165, 1.54) is 25.7 Å². The van der Waals surface area contributed by atoms with Crippen LogP contribution >= 0.6 is 0 Å². The summed E-state index contributed by atoms with van der Waals surface area (Å²) < 4.78 is 5.58. The minimum atomic E-state index is -0.524. The average Bonchev–Trinajstić information content (AvgIpc) is 2.73. The SMILES string of the molecule is CC(C)(N)c1nnc(C2CCCC2)o1. The summed E-state index contributed by atoms with van der Waals surface area (Å²) in [5, 5.41) is 8.06. The fraction of sp³-hybridized carbons (Fsp3) is 0.800. The van der Waals surface area contributed by atoms with Crippen molar-refractivity contribution in [2.75, 3.05) is 0 Å². The van der Waals surface area contributed by atoms with Gasteiger partial charge >= 0.3 is 0 Å². The minimum absolute atomic E-state index is 0.471. The van der Waals surface area contributed by atoms with Crippen LogP contribution in [0.25, 0.3) is 0 Å². The van der Waals surface area contributed by atoms with Gasteiger partial charge in [0.15, 0.2) is 0 Å². The standard InChI is InChI=1S/C10H17N3O/c1-10(2,11)9-13-12-8(14-9)7-5-3-4-6-7/h7H,3-6,11H2,1-2H3. The van der Waals surface area contributed by atoms with E-state index < -0.39 is 5.54 Å². The van der Waals surface area contributed by atoms with Gasteiger partial charge in [-0.3, -0.25) is 0 Å². The van der Waals surface area contributed by atoms with Crippen molar-refractivity contribution < 1.29 is 4.42 Å². The number of hydrogen-bond acceptors (Lipinski definition) is 4. The Morgan fingerprint density at radius 3 is 2.43 bits per heavy atom. The molecule has 2 N–H and O–H groups in total. The van der Waals surface area contributed by atoms with Gasteiger partial charge in [0, 0.05) is 5.92 Å². The van der Waals surface area contributed by atoms with Crippen molar-refractivity contribution in [2.24, 2.45) is 5.73 Å². The third-order valence-corrected chi connectivity index (χ3v) is 2.70. The molecule has 1 aliphatic carbocycles. The number of hydrogen-bond donors (Lipinski definition) is 1. The Morgan fingerprint density at radius 2 is 1.93 bits per heavy atom. The second-order valence-corrected chi connectivity index (χ2v) is 4.65. The van der Waals surface area contributed by atoms with E-state index >= 15 is 0 Å². The topological polar surface area (TPSA) is 64.9 Å². The highest BCUT2D eigenvalue weighted by molar-refractivity contribution is 4.99. The van der Waals surface area contributed by atoms with Crippen LogP contribution in [0.2, 0.25) is 0 Å². The van der Waals surface area contributed by atoms with Crippen LogP contribution in [0.4, 0.5) is 0 Å². The summed E-state index contributed by atoms with van der Waals surface area (Å²) in [4.78, 5) is 0. The summed E-state index contributed by atoms with van der Waals surface area (Å²) in [6.07, 6.45) is 4.89. The molecule has 0 aliphatic heterocycles. The Morgan fingerprint density at radius 1 is 1.29 bits per heavy atom. The zero-order chi connectivity index (χ0) is 10.2. The molecule has 0 aromatic carbocycles. The molecule has 1 heterocycles. The summed E-state index contributed by atoms with van der Waals surface area (Å²) in [5.74, 6) is 1.79. The molecule has 0 radical (unpaired) electrons. The fourth-order valence-corrected chi connectivity index (χ4v) is 1.83. The summed E-state index contributed by atoms with van der Waals surface area (Å²) in [7, 11) is 0. The maximum Gasteiger partial charge on any atom is 0.235 e. The van der Waals surface area contributed by atoms with E-state index in [0.29, 0.717) is 11.8 Å². The van der Waals surface area contributed by atoms with Crippen molar-refractivity contribution in [3.63, 3.8) is 0 Å². The molecule has 78 valence electrons. The van der Waals surface area contributed by atoms with Gasteiger partial charge in [0.2, 0.25) is 11.8 Å². The lowest BCUT2D eigenvalue weighted by Gasteiger charge is -2.11. The van der Waals surface area contributed by atoms with Crippen LogP contribution in [0.1, 0.15) is 57.2 Å². The van der Waals surface area contributed by atoms with Gasteiger partial charge in [-0.1, -0.05) is 12.8 Å². The summed E-state index contributed by atoms with van der Waals surface area (Å²) in [6, 6.07) is 0. The van der Waals surface area contributed by atoms with Gasteiger partial charge in [-0.25, -0.2) is 0 Å². The molecule has 1 saturated carbocycles. The van der Waals surface area contributed by atoms with Crippen molar-refractivity contribution in [3.05, 3.63) is 11.8 Å². The molecule has 1 aliphatic rings. The van der Waals surface area contributed by atoms with Crippen LogP contribution in [0.15, 0.2) is 4.42 Å². The van der Waals surface area contributed by atoms with E-state index in [4.69, 9.17) is 10.2 Å². The predicted molar refractivity (Wildman–Crippen MR) is 52.7 cm³/mol. The smallest absolute Gasteiger partial charge is 0.235 e. The van der Waals surface area contributed by atoms with Crippen LogP contribution < -0.4 is 5.73 Å². The molecule has 14 heavy (non-hydrogen) atoms. The molecule has 0 spiro atoms. The first-order chi connectivity index (χ1) is 6.57. The molecule has 1 aromatic rings. The highest BCUT2D eigenvalue weighted by Crippen LogP contribution is 2.33. The zero-order valence-electron chi connectivity index (χ0n) is 8.79. The Bertz CT molecular complexity index is 307. The van der Waals surface area contributed by atoms with E-state index in [1.807, 2.05) is 13.8 Å². The summed E-state index contributed by atoms with van der Waals surface area (Å²) >= 11 is 0. The molecular formula is C10H17N3O. The van der Waals surface area contributed by atoms with E-state index in [9.17, 15) is 0 Å². The van der Waals surface area contributed by atoms with Gasteiger partial charge in [-0.2, -0.15) is 0 Å². The molecule has 0 bridgehead atoms. The first-order valence-corrected chi connectivity index (χ1v) is 5.20. The fourth-order valence-electron chi connectivity index (χ4n) is 1.83. The third kappa shape index (κ3) is 1.80. The number of rotatable bonds is 2. The molecule has 4 nitrogen and oxygen atoms in total. The summed E-state index contributed by atoms with van der Waals surface area (Å²) in [6.45, 7) is 3.75. The van der Waals surface area contributed by atoms with Crippen LogP contribution in [0, 0.1) is 0 Å². The van der Waals surface area contributed by atoms with E-state index in [2.05, 4.69) is 10.2 Å². The zero-order valence-corrected chi connectivity index (χ0v) is 8.79. The van der Waals surface area contributed by atoms with Crippen LogP contribution in [0.5, 0.6) is 0 Å². The average molecular weight is 195 g/mol. The monoisotopic (exact) mass is 195 g/mol. The van der Waals surface area contributed by atoms with Crippen molar-refractivity contribution in [3.8, 4) is 0 Å². The maximum atomic E-state index is 5.87. The Hall–Kier alpha value is -0.900. The quantitative estimate of drug-likeness (QED) is 0.783. The number of nitrogens with two attached hydrogens (primary N) is 1. The Labute approximate surface area is 83.9 Å².